The first kappa shape index (κ1) is 13.4. The molecule has 0 aliphatic rings. The summed E-state index contributed by atoms with van der Waals surface area (Å²) in [5.41, 5.74) is 4.66. The molecule has 3 N–H and O–H groups in total. The molecule has 0 radical (unpaired) electrons. The van der Waals surface area contributed by atoms with Gasteiger partial charge in [-0.25, -0.2) is 0 Å². The number of primary amides is 1. The molecule has 0 aromatic carbocycles. The summed E-state index contributed by atoms with van der Waals surface area (Å²) in [6, 6.07) is 0. The molecule has 0 aromatic rings. The molecule has 4 heteroatoms. The molecular formula is C10H22N2O2. The molecule has 0 saturated heterocycles. The van der Waals surface area contributed by atoms with Crippen LogP contribution in [-0.4, -0.2) is 31.7 Å². The zero-order valence-electron chi connectivity index (χ0n) is 9.59. The first-order valence-electron chi connectivity index (χ1n) is 5.02. The average Bonchev–Trinajstić information content (AvgIpc) is 2.11. The molecule has 1 atom stereocenters. The van der Waals surface area contributed by atoms with E-state index in [4.69, 9.17) is 10.5 Å². The van der Waals surface area contributed by atoms with E-state index < -0.39 is 5.54 Å². The van der Waals surface area contributed by atoms with Crippen molar-refractivity contribution in [1.29, 1.82) is 0 Å². The molecule has 0 rings (SSSR count). The van der Waals surface area contributed by atoms with Gasteiger partial charge in [-0.05, 0) is 18.9 Å². The minimum Gasteiger partial charge on any atom is -0.382 e. The van der Waals surface area contributed by atoms with Crippen LogP contribution in [0.25, 0.3) is 0 Å². The Bertz CT molecular complexity index is 183. The summed E-state index contributed by atoms with van der Waals surface area (Å²) >= 11 is 0. The van der Waals surface area contributed by atoms with Gasteiger partial charge in [-0.2, -0.15) is 0 Å². The number of methoxy groups -OCH3 is 1. The van der Waals surface area contributed by atoms with Crippen molar-refractivity contribution >= 4 is 5.91 Å². The van der Waals surface area contributed by atoms with Gasteiger partial charge in [0, 0.05) is 7.11 Å². The fraction of sp³-hybridized carbons (Fsp3) is 0.900. The summed E-state index contributed by atoms with van der Waals surface area (Å²) in [4.78, 5) is 11.3. The summed E-state index contributed by atoms with van der Waals surface area (Å²) < 4.78 is 5.03. The van der Waals surface area contributed by atoms with Crippen molar-refractivity contribution in [2.45, 2.75) is 32.7 Å². The zero-order valence-corrected chi connectivity index (χ0v) is 9.59. The maximum atomic E-state index is 11.3. The second-order valence-corrected chi connectivity index (χ2v) is 4.01. The number of ether oxygens (including phenoxy) is 1. The van der Waals surface area contributed by atoms with Gasteiger partial charge in [-0.15, -0.1) is 0 Å². The predicted molar refractivity (Wildman–Crippen MR) is 56.9 cm³/mol. The lowest BCUT2D eigenvalue weighted by atomic mass is 9.95. The van der Waals surface area contributed by atoms with Crippen LogP contribution in [0.3, 0.4) is 0 Å². The van der Waals surface area contributed by atoms with Crippen LogP contribution in [0.15, 0.2) is 0 Å². The molecule has 0 aliphatic carbocycles. The van der Waals surface area contributed by atoms with Crippen molar-refractivity contribution in [2.24, 2.45) is 11.7 Å². The maximum Gasteiger partial charge on any atom is 0.240 e. The number of carbonyl (C=O) groups is 1. The SMILES string of the molecule is CCC(COC)(NCC(C)C)C(N)=O. The minimum atomic E-state index is -0.709. The quantitative estimate of drug-likeness (QED) is 0.632. The Balaban J connectivity index is 4.41. The van der Waals surface area contributed by atoms with Gasteiger partial charge in [0.25, 0.3) is 0 Å². The van der Waals surface area contributed by atoms with E-state index >= 15 is 0 Å². The molecule has 0 aromatic heterocycles. The van der Waals surface area contributed by atoms with E-state index in [0.717, 1.165) is 6.54 Å². The first-order valence-corrected chi connectivity index (χ1v) is 5.02. The fourth-order valence-electron chi connectivity index (χ4n) is 1.26. The standard InChI is InChI=1S/C10H22N2O2/c1-5-10(7-14-4,9(11)13)12-6-8(2)3/h8,12H,5-7H2,1-4H3,(H2,11,13). The molecule has 1 unspecified atom stereocenters. The third-order valence-electron chi connectivity index (χ3n) is 2.31. The number of hydrogen-bond acceptors (Lipinski definition) is 3. The molecule has 0 saturated carbocycles. The smallest absolute Gasteiger partial charge is 0.240 e. The molecule has 0 fully saturated rings. The van der Waals surface area contributed by atoms with Crippen LogP contribution in [-0.2, 0) is 9.53 Å². The number of hydrogen-bond donors (Lipinski definition) is 2. The monoisotopic (exact) mass is 202 g/mol. The molecular weight excluding hydrogens is 180 g/mol. The van der Waals surface area contributed by atoms with Crippen LogP contribution in [0.1, 0.15) is 27.2 Å². The molecule has 0 bridgehead atoms. The summed E-state index contributed by atoms with van der Waals surface area (Å²) in [6.07, 6.45) is 0.642. The van der Waals surface area contributed by atoms with Crippen LogP contribution >= 0.6 is 0 Å². The van der Waals surface area contributed by atoms with Crippen LogP contribution in [0.2, 0.25) is 0 Å². The highest BCUT2D eigenvalue weighted by molar-refractivity contribution is 5.84. The molecule has 0 heterocycles. The first-order chi connectivity index (χ1) is 6.48. The van der Waals surface area contributed by atoms with Crippen molar-refractivity contribution in [2.75, 3.05) is 20.3 Å². The Hall–Kier alpha value is -0.610. The Morgan fingerprint density at radius 2 is 2.14 bits per heavy atom. The summed E-state index contributed by atoms with van der Waals surface area (Å²) in [5.74, 6) is 0.139. The minimum absolute atomic E-state index is 0.325. The topological polar surface area (TPSA) is 64.3 Å². The molecule has 1 amide bonds. The highest BCUT2D eigenvalue weighted by atomic mass is 16.5. The van der Waals surface area contributed by atoms with Crippen LogP contribution in [0, 0.1) is 5.92 Å². The highest BCUT2D eigenvalue weighted by Crippen LogP contribution is 2.10. The normalized spacial score (nSPS) is 15.5. The van der Waals surface area contributed by atoms with E-state index in [-0.39, 0.29) is 5.91 Å². The van der Waals surface area contributed by atoms with Crippen molar-refractivity contribution in [3.8, 4) is 0 Å². The summed E-state index contributed by atoms with van der Waals surface area (Å²) in [7, 11) is 1.57. The Kier molecular flexibility index (Phi) is 5.72. The second-order valence-electron chi connectivity index (χ2n) is 4.01. The van der Waals surface area contributed by atoms with Crippen LogP contribution in [0.5, 0.6) is 0 Å². The summed E-state index contributed by atoms with van der Waals surface area (Å²) in [6.45, 7) is 7.19. The lowest BCUT2D eigenvalue weighted by Crippen LogP contribution is -2.58. The molecule has 0 spiro atoms. The van der Waals surface area contributed by atoms with Crippen molar-refractivity contribution in [3.05, 3.63) is 0 Å². The van der Waals surface area contributed by atoms with E-state index in [9.17, 15) is 4.79 Å². The van der Waals surface area contributed by atoms with Gasteiger partial charge in [-0.3, -0.25) is 4.79 Å². The van der Waals surface area contributed by atoms with Gasteiger partial charge >= 0.3 is 0 Å². The highest BCUT2D eigenvalue weighted by Gasteiger charge is 2.34. The van der Waals surface area contributed by atoms with Crippen molar-refractivity contribution in [1.82, 2.24) is 5.32 Å². The van der Waals surface area contributed by atoms with Crippen LogP contribution < -0.4 is 11.1 Å². The van der Waals surface area contributed by atoms with Gasteiger partial charge < -0.3 is 15.8 Å². The van der Waals surface area contributed by atoms with E-state index in [2.05, 4.69) is 19.2 Å². The Morgan fingerprint density at radius 1 is 1.57 bits per heavy atom. The zero-order chi connectivity index (χ0) is 11.2. The molecule has 0 aliphatic heterocycles. The van der Waals surface area contributed by atoms with Crippen molar-refractivity contribution in [3.63, 3.8) is 0 Å². The summed E-state index contributed by atoms with van der Waals surface area (Å²) in [5, 5.41) is 3.18. The van der Waals surface area contributed by atoms with Gasteiger partial charge in [0.1, 0.15) is 5.54 Å². The predicted octanol–water partition coefficient (Wildman–Crippen LogP) is 0.513. The van der Waals surface area contributed by atoms with Gasteiger partial charge in [-0.1, -0.05) is 20.8 Å². The number of nitrogens with one attached hydrogen (secondary N) is 1. The number of nitrogens with two attached hydrogens (primary N) is 1. The largest absolute Gasteiger partial charge is 0.382 e. The number of carbonyl (C=O) groups excluding carboxylic acids is 1. The van der Waals surface area contributed by atoms with E-state index in [0.29, 0.717) is 18.9 Å². The Morgan fingerprint density at radius 3 is 2.43 bits per heavy atom. The van der Waals surface area contributed by atoms with Gasteiger partial charge in [0.2, 0.25) is 5.91 Å². The molecule has 14 heavy (non-hydrogen) atoms. The van der Waals surface area contributed by atoms with Crippen molar-refractivity contribution < 1.29 is 9.53 Å². The van der Waals surface area contributed by atoms with E-state index in [1.807, 2.05) is 6.92 Å². The van der Waals surface area contributed by atoms with Gasteiger partial charge in [0.05, 0.1) is 6.61 Å². The third-order valence-corrected chi connectivity index (χ3v) is 2.31. The second kappa shape index (κ2) is 5.98. The Labute approximate surface area is 86.2 Å². The third kappa shape index (κ3) is 3.64. The maximum absolute atomic E-state index is 11.3. The lowest BCUT2D eigenvalue weighted by Gasteiger charge is -2.30. The number of amides is 1. The molecule has 84 valence electrons. The molecule has 4 nitrogen and oxygen atoms in total. The lowest BCUT2D eigenvalue weighted by molar-refractivity contribution is -0.126. The number of rotatable bonds is 7. The van der Waals surface area contributed by atoms with E-state index in [1.54, 1.807) is 7.11 Å². The average molecular weight is 202 g/mol. The van der Waals surface area contributed by atoms with Crippen LogP contribution in [0.4, 0.5) is 0 Å². The van der Waals surface area contributed by atoms with E-state index in [1.165, 1.54) is 0 Å². The fourth-order valence-corrected chi connectivity index (χ4v) is 1.26. The van der Waals surface area contributed by atoms with Gasteiger partial charge in [0.15, 0.2) is 0 Å².